The summed E-state index contributed by atoms with van der Waals surface area (Å²) in [6, 6.07) is 1.20. The van der Waals surface area contributed by atoms with Gasteiger partial charge in [0, 0.05) is 0 Å². The Kier molecular flexibility index (Phi) is 4.71. The summed E-state index contributed by atoms with van der Waals surface area (Å²) in [6.07, 6.45) is -1.46. The summed E-state index contributed by atoms with van der Waals surface area (Å²) in [5, 5.41) is 7.31. The summed E-state index contributed by atoms with van der Waals surface area (Å²) in [5.41, 5.74) is 0.440. The van der Waals surface area contributed by atoms with Gasteiger partial charge < -0.3 is 0 Å². The molecule has 3 aromatic rings. The van der Waals surface area contributed by atoms with E-state index in [1.807, 2.05) is 22.6 Å². The van der Waals surface area contributed by atoms with E-state index in [0.29, 0.717) is 9.22 Å². The number of hydrogen-bond donors (Lipinski definition) is 0. The summed E-state index contributed by atoms with van der Waals surface area (Å²) >= 11 is 7.21. The van der Waals surface area contributed by atoms with Crippen LogP contribution in [0.5, 0.6) is 0 Å². The van der Waals surface area contributed by atoms with Crippen molar-refractivity contribution in [2.45, 2.75) is 11.3 Å². The molecule has 0 amide bonds. The van der Waals surface area contributed by atoms with E-state index in [4.69, 9.17) is 22.3 Å². The molecule has 0 radical (unpaired) electrons. The third kappa shape index (κ3) is 3.27. The van der Waals surface area contributed by atoms with E-state index in [9.17, 15) is 17.2 Å². The normalized spacial score (nSPS) is 12.4. The topological polar surface area (TPSA) is 77.2 Å². The number of pyridine rings is 1. The molecule has 0 unspecified atom stereocenters. The number of rotatable bonds is 3. The molecule has 0 atom stereocenters. The molecule has 13 heteroatoms. The molecular weight excluding hydrogens is 555 g/mol. The molecule has 0 saturated heterocycles. The number of imidazole rings is 1. The first-order valence-corrected chi connectivity index (χ1v) is 11.1. The SMILES string of the molecule is O=S(=O)(Cl)c1cc(Cl)c2c(I)nc(-c3nnc(C(F)F)[se]3)n2c1. The second-order valence-electron chi connectivity index (χ2n) is 4.15. The zero-order chi connectivity index (χ0) is 16.9. The van der Waals surface area contributed by atoms with Gasteiger partial charge in [-0.25, -0.2) is 0 Å². The Balaban J connectivity index is 2.30. The minimum atomic E-state index is -4.02. The van der Waals surface area contributed by atoms with Gasteiger partial charge in [0.25, 0.3) is 0 Å². The van der Waals surface area contributed by atoms with Crippen LogP contribution in [0, 0.1) is 3.70 Å². The molecule has 0 aliphatic heterocycles. The van der Waals surface area contributed by atoms with Crippen LogP contribution in [0.25, 0.3) is 15.9 Å². The molecule has 0 bridgehead atoms. The molecule has 0 N–H and O–H groups in total. The molecule has 0 saturated carbocycles. The average Bonchev–Trinajstić information content (AvgIpc) is 3.02. The Morgan fingerprint density at radius 3 is 2.61 bits per heavy atom. The molecule has 3 rings (SSSR count). The molecule has 0 aliphatic rings. The molecular formula is C10H3Cl2F2IN4O2SSe. The fraction of sp³-hybridized carbons (Fsp3) is 0.100. The van der Waals surface area contributed by atoms with Crippen LogP contribution < -0.4 is 0 Å². The van der Waals surface area contributed by atoms with Crippen LogP contribution in [0.2, 0.25) is 5.02 Å². The zero-order valence-electron chi connectivity index (χ0n) is 10.5. The van der Waals surface area contributed by atoms with Gasteiger partial charge in [-0.1, -0.05) is 0 Å². The van der Waals surface area contributed by atoms with Crippen molar-refractivity contribution in [2.75, 3.05) is 0 Å². The summed E-state index contributed by atoms with van der Waals surface area (Å²) in [5.74, 6) is 0.216. The van der Waals surface area contributed by atoms with Crippen LogP contribution in [-0.2, 0) is 9.05 Å². The Morgan fingerprint density at radius 1 is 1.35 bits per heavy atom. The van der Waals surface area contributed by atoms with Crippen LogP contribution in [0.3, 0.4) is 0 Å². The van der Waals surface area contributed by atoms with Gasteiger partial charge in [0.15, 0.2) is 0 Å². The second kappa shape index (κ2) is 6.19. The number of fused-ring (bicyclic) bond motifs is 1. The van der Waals surface area contributed by atoms with E-state index >= 15 is 0 Å². The molecule has 3 aromatic heterocycles. The maximum atomic E-state index is 12.7. The van der Waals surface area contributed by atoms with Gasteiger partial charge in [0.1, 0.15) is 0 Å². The van der Waals surface area contributed by atoms with Crippen molar-refractivity contribution in [3.63, 3.8) is 0 Å². The summed E-state index contributed by atoms with van der Waals surface area (Å²) < 4.78 is 50.3. The Labute approximate surface area is 157 Å². The molecule has 0 aromatic carbocycles. The molecule has 23 heavy (non-hydrogen) atoms. The monoisotopic (exact) mass is 558 g/mol. The fourth-order valence-electron chi connectivity index (χ4n) is 1.80. The molecule has 0 spiro atoms. The van der Waals surface area contributed by atoms with Crippen LogP contribution in [0.15, 0.2) is 17.2 Å². The van der Waals surface area contributed by atoms with Gasteiger partial charge in [-0.15, -0.1) is 0 Å². The van der Waals surface area contributed by atoms with E-state index in [-0.39, 0.29) is 24.9 Å². The molecule has 6 nitrogen and oxygen atoms in total. The third-order valence-corrected chi connectivity index (χ3v) is 7.03. The molecule has 122 valence electrons. The van der Waals surface area contributed by atoms with Crippen molar-refractivity contribution in [1.82, 2.24) is 19.6 Å². The van der Waals surface area contributed by atoms with Gasteiger partial charge in [-0.2, -0.15) is 0 Å². The quantitative estimate of drug-likeness (QED) is 0.281. The summed E-state index contributed by atoms with van der Waals surface area (Å²) in [6.45, 7) is 0. The van der Waals surface area contributed by atoms with Gasteiger partial charge in [0.2, 0.25) is 0 Å². The van der Waals surface area contributed by atoms with E-state index in [2.05, 4.69) is 15.2 Å². The Morgan fingerprint density at radius 2 is 2.04 bits per heavy atom. The van der Waals surface area contributed by atoms with Crippen molar-refractivity contribution < 1.29 is 17.2 Å². The van der Waals surface area contributed by atoms with Gasteiger partial charge in [0.05, 0.1) is 0 Å². The van der Waals surface area contributed by atoms with Crippen molar-refractivity contribution >= 4 is 73.9 Å². The molecule has 0 fully saturated rings. The van der Waals surface area contributed by atoms with E-state index in [0.717, 1.165) is 0 Å². The van der Waals surface area contributed by atoms with Crippen molar-refractivity contribution in [2.24, 2.45) is 0 Å². The fourth-order valence-corrected chi connectivity index (χ4v) is 5.28. The Hall–Kier alpha value is -0.331. The number of hydrogen-bond acceptors (Lipinski definition) is 5. The third-order valence-electron chi connectivity index (χ3n) is 2.72. The number of nitrogens with zero attached hydrogens (tertiary/aromatic N) is 4. The van der Waals surface area contributed by atoms with E-state index in [1.165, 1.54) is 16.7 Å². The minimum absolute atomic E-state index is 0.121. The van der Waals surface area contributed by atoms with E-state index in [1.54, 1.807) is 0 Å². The zero-order valence-corrected chi connectivity index (χ0v) is 16.7. The predicted octanol–water partition coefficient (Wildman–Crippen LogP) is 2.97. The Bertz CT molecular complexity index is 1020. The van der Waals surface area contributed by atoms with Crippen molar-refractivity contribution in [1.29, 1.82) is 0 Å². The van der Waals surface area contributed by atoms with Crippen LogP contribution in [0.1, 0.15) is 11.0 Å². The van der Waals surface area contributed by atoms with Crippen LogP contribution in [0.4, 0.5) is 8.78 Å². The maximum absolute atomic E-state index is 12.7. The first-order valence-electron chi connectivity index (χ1n) is 5.62. The number of halogens is 5. The predicted molar refractivity (Wildman–Crippen MR) is 88.9 cm³/mol. The molecule has 3 heterocycles. The first kappa shape index (κ1) is 17.5. The second-order valence-corrected chi connectivity index (χ2v) is 10.3. The molecule has 0 aliphatic carbocycles. The van der Waals surface area contributed by atoms with E-state index < -0.39 is 30.0 Å². The number of alkyl halides is 2. The van der Waals surface area contributed by atoms with Crippen molar-refractivity contribution in [3.05, 3.63) is 25.6 Å². The first-order chi connectivity index (χ1) is 10.7. The van der Waals surface area contributed by atoms with Gasteiger partial charge in [-0.3, -0.25) is 0 Å². The summed E-state index contributed by atoms with van der Waals surface area (Å²) in [4.78, 5) is 4.01. The van der Waals surface area contributed by atoms with Crippen molar-refractivity contribution in [3.8, 4) is 10.4 Å². The standard InChI is InChI=1S/C10H3Cl2F2IN4O2SSe/c11-4-1-3(22(12,20)21)2-19-5(4)7(15)16-8(19)10-18-17-9(23-10)6(13)14/h1-2,6H. The van der Waals surface area contributed by atoms with Crippen LogP contribution in [-0.4, -0.2) is 42.5 Å². The average molecular weight is 558 g/mol. The van der Waals surface area contributed by atoms with Gasteiger partial charge in [-0.05, 0) is 0 Å². The summed E-state index contributed by atoms with van der Waals surface area (Å²) in [7, 11) is 1.33. The van der Waals surface area contributed by atoms with Gasteiger partial charge >= 0.3 is 158 Å². The number of aromatic nitrogens is 4. The van der Waals surface area contributed by atoms with Crippen LogP contribution >= 0.6 is 44.9 Å².